The van der Waals surface area contributed by atoms with Crippen LogP contribution in [-0.4, -0.2) is 22.1 Å². The Morgan fingerprint density at radius 3 is 2.55 bits per heavy atom. The highest BCUT2D eigenvalue weighted by molar-refractivity contribution is 5.87. The fraction of sp³-hybridized carbons (Fsp3) is 0.478. The molecule has 0 saturated heterocycles. The molecule has 1 heterocycles. The minimum Gasteiger partial charge on any atom is -0.455 e. The number of halogens is 1. The largest absolute Gasteiger partial charge is 0.455 e. The molecule has 2 rings (SSSR count). The summed E-state index contributed by atoms with van der Waals surface area (Å²) in [7, 11) is 0. The zero-order valence-corrected chi connectivity index (χ0v) is 18.1. The van der Waals surface area contributed by atoms with E-state index in [1.165, 1.54) is 16.8 Å². The van der Waals surface area contributed by atoms with Crippen molar-refractivity contribution in [2.75, 3.05) is 0 Å². The normalized spacial score (nSPS) is 20.5. The summed E-state index contributed by atoms with van der Waals surface area (Å²) in [5.74, 6) is -1.80. The Kier molecular flexibility index (Phi) is 6.62. The molecule has 1 aliphatic rings. The smallest absolute Gasteiger partial charge is 0.367 e. The van der Waals surface area contributed by atoms with E-state index in [9.17, 15) is 24.5 Å². The third-order valence-corrected chi connectivity index (χ3v) is 5.03. The molecule has 3 atom stereocenters. The number of nitriles is 2. The molecular formula is C23H24FN3O4. The molecule has 31 heavy (non-hydrogen) atoms. The Morgan fingerprint density at radius 2 is 2.03 bits per heavy atom. The van der Waals surface area contributed by atoms with E-state index in [0.717, 1.165) is 6.08 Å². The second kappa shape index (κ2) is 8.66. The lowest BCUT2D eigenvalue weighted by atomic mass is 10.1. The van der Waals surface area contributed by atoms with Crippen molar-refractivity contribution in [1.29, 1.82) is 10.5 Å². The van der Waals surface area contributed by atoms with Gasteiger partial charge < -0.3 is 14.0 Å². The molecule has 0 spiro atoms. The van der Waals surface area contributed by atoms with E-state index in [2.05, 4.69) is 5.92 Å². The van der Waals surface area contributed by atoms with Gasteiger partial charge in [-0.05, 0) is 44.2 Å². The molecule has 0 aliphatic heterocycles. The number of nitrogens with zero attached hydrogens (tertiary/aromatic N) is 3. The van der Waals surface area contributed by atoms with Gasteiger partial charge in [-0.1, -0.05) is 19.8 Å². The number of allylic oxidation sites excluding steroid dienone is 1. The first-order valence-corrected chi connectivity index (χ1v) is 9.60. The van der Waals surface area contributed by atoms with Gasteiger partial charge in [-0.25, -0.2) is 4.79 Å². The molecule has 162 valence electrons. The number of carbonyl (C=O) groups excluding carboxylic acids is 2. The first kappa shape index (κ1) is 23.7. The van der Waals surface area contributed by atoms with E-state index in [0.29, 0.717) is 5.56 Å². The molecule has 1 saturated carbocycles. The summed E-state index contributed by atoms with van der Waals surface area (Å²) in [5, 5.41) is 18.6. The maximum absolute atomic E-state index is 14.3. The van der Waals surface area contributed by atoms with Crippen molar-refractivity contribution in [1.82, 2.24) is 4.57 Å². The summed E-state index contributed by atoms with van der Waals surface area (Å²) < 4.78 is 26.1. The number of ether oxygens (including phenoxy) is 2. The van der Waals surface area contributed by atoms with Gasteiger partial charge in [0.1, 0.15) is 23.4 Å². The molecule has 1 fully saturated rings. The number of esters is 2. The van der Waals surface area contributed by atoms with Crippen LogP contribution in [0.25, 0.3) is 0 Å². The number of rotatable bonds is 6. The molecule has 0 aromatic carbocycles. The van der Waals surface area contributed by atoms with Crippen molar-refractivity contribution < 1.29 is 23.5 Å². The maximum atomic E-state index is 14.3. The van der Waals surface area contributed by atoms with Crippen LogP contribution in [-0.2, 0) is 25.6 Å². The third kappa shape index (κ3) is 5.32. The number of aromatic nitrogens is 1. The van der Waals surface area contributed by atoms with Crippen molar-refractivity contribution in [3.8, 4) is 24.5 Å². The molecule has 1 aromatic rings. The average Bonchev–Trinajstić information content (AvgIpc) is 2.99. The summed E-state index contributed by atoms with van der Waals surface area (Å²) in [4.78, 5) is 24.6. The van der Waals surface area contributed by atoms with Crippen LogP contribution in [0.2, 0.25) is 0 Å². The van der Waals surface area contributed by atoms with Gasteiger partial charge in [0.15, 0.2) is 0 Å². The molecular weight excluding hydrogens is 401 g/mol. The second-order valence-electron chi connectivity index (χ2n) is 8.89. The van der Waals surface area contributed by atoms with Crippen LogP contribution >= 0.6 is 0 Å². The van der Waals surface area contributed by atoms with E-state index in [4.69, 9.17) is 15.9 Å². The zero-order valence-electron chi connectivity index (χ0n) is 18.1. The first-order chi connectivity index (χ1) is 14.3. The van der Waals surface area contributed by atoms with Crippen LogP contribution in [0.5, 0.6) is 0 Å². The Morgan fingerprint density at radius 1 is 1.39 bits per heavy atom. The molecule has 0 N–H and O–H groups in total. The first-order valence-electron chi connectivity index (χ1n) is 9.60. The lowest BCUT2D eigenvalue weighted by Gasteiger charge is -2.18. The van der Waals surface area contributed by atoms with E-state index >= 15 is 0 Å². The Hall–Kier alpha value is -3.57. The van der Waals surface area contributed by atoms with E-state index < -0.39 is 46.7 Å². The number of terminal acetylenes is 1. The molecule has 7 nitrogen and oxygen atoms in total. The van der Waals surface area contributed by atoms with Crippen LogP contribution in [0.1, 0.15) is 52.0 Å². The van der Waals surface area contributed by atoms with Crippen molar-refractivity contribution in [2.45, 2.75) is 52.9 Å². The van der Waals surface area contributed by atoms with Crippen molar-refractivity contribution >= 4 is 11.9 Å². The highest BCUT2D eigenvalue weighted by Crippen LogP contribution is 2.60. The van der Waals surface area contributed by atoms with Crippen molar-refractivity contribution in [3.63, 3.8) is 0 Å². The predicted octanol–water partition coefficient (Wildman–Crippen LogP) is 3.57. The van der Waals surface area contributed by atoms with Crippen molar-refractivity contribution in [2.24, 2.45) is 17.3 Å². The highest BCUT2D eigenvalue weighted by Gasteiger charge is 2.62. The van der Waals surface area contributed by atoms with Crippen LogP contribution in [0.4, 0.5) is 4.39 Å². The summed E-state index contributed by atoms with van der Waals surface area (Å²) in [6, 6.07) is 5.27. The van der Waals surface area contributed by atoms with Gasteiger partial charge >= 0.3 is 11.9 Å². The van der Waals surface area contributed by atoms with Gasteiger partial charge in [-0.3, -0.25) is 4.79 Å². The molecule has 0 bridgehead atoms. The molecule has 1 aliphatic carbocycles. The SMILES string of the molecule is C#CCn1cc(C(C#N)OC(=O)[C@@H]2[C@H](C=C(F)C(=O)OC(C)(C)C)C2(C)C)cc1C#N. The van der Waals surface area contributed by atoms with Gasteiger partial charge in [0.05, 0.1) is 12.5 Å². The summed E-state index contributed by atoms with van der Waals surface area (Å²) in [6.45, 7) is 8.46. The lowest BCUT2D eigenvalue weighted by molar-refractivity contribution is -0.152. The van der Waals surface area contributed by atoms with Gasteiger partial charge in [0.25, 0.3) is 0 Å². The molecule has 1 aromatic heterocycles. The fourth-order valence-corrected chi connectivity index (χ4v) is 3.35. The van der Waals surface area contributed by atoms with Crippen LogP contribution in [0, 0.1) is 52.3 Å². The zero-order chi connectivity index (χ0) is 23.6. The summed E-state index contributed by atoms with van der Waals surface area (Å²) in [5.41, 5.74) is -0.967. The van der Waals surface area contributed by atoms with E-state index in [1.807, 2.05) is 12.1 Å². The number of carbonyl (C=O) groups is 2. The van der Waals surface area contributed by atoms with Crippen LogP contribution < -0.4 is 0 Å². The lowest BCUT2D eigenvalue weighted by Crippen LogP contribution is -2.24. The standard InChI is InChI=1S/C23H24FN3O4/c1-7-8-27-13-14(9-15(27)11-25)18(12-26)30-21(29)19-16(23(19,5)6)10-17(24)20(28)31-22(2,3)4/h1,9-10,13,16,18-19H,8H2,2-6H3/t16-,18?,19-/m0/s1. The van der Waals surface area contributed by atoms with Gasteiger partial charge in [0.2, 0.25) is 11.9 Å². The predicted molar refractivity (Wildman–Crippen MR) is 108 cm³/mol. The van der Waals surface area contributed by atoms with E-state index in [1.54, 1.807) is 34.6 Å². The second-order valence-corrected chi connectivity index (χ2v) is 8.89. The molecule has 0 amide bonds. The quantitative estimate of drug-likeness (QED) is 0.392. The highest BCUT2D eigenvalue weighted by atomic mass is 19.1. The topological polar surface area (TPSA) is 105 Å². The summed E-state index contributed by atoms with van der Waals surface area (Å²) >= 11 is 0. The van der Waals surface area contributed by atoms with Crippen LogP contribution in [0.3, 0.4) is 0 Å². The minimum atomic E-state index is -1.25. The van der Waals surface area contributed by atoms with Gasteiger partial charge in [-0.2, -0.15) is 14.9 Å². The third-order valence-electron chi connectivity index (χ3n) is 5.03. The van der Waals surface area contributed by atoms with Gasteiger partial charge in [0, 0.05) is 11.8 Å². The molecule has 8 heteroatoms. The van der Waals surface area contributed by atoms with Crippen LogP contribution in [0.15, 0.2) is 24.2 Å². The maximum Gasteiger partial charge on any atom is 0.367 e. The summed E-state index contributed by atoms with van der Waals surface area (Å²) in [6.07, 6.45) is 6.57. The Balaban J connectivity index is 2.15. The minimum absolute atomic E-state index is 0.126. The average molecular weight is 425 g/mol. The molecule has 1 unspecified atom stereocenters. The monoisotopic (exact) mass is 425 g/mol. The number of hydrogen-bond acceptors (Lipinski definition) is 6. The Bertz CT molecular complexity index is 1040. The molecule has 0 radical (unpaired) electrons. The van der Waals surface area contributed by atoms with Gasteiger partial charge in [-0.15, -0.1) is 6.42 Å². The Labute approximate surface area is 181 Å². The fourth-order valence-electron chi connectivity index (χ4n) is 3.35. The van der Waals surface area contributed by atoms with Crippen molar-refractivity contribution in [3.05, 3.63) is 35.4 Å². The van der Waals surface area contributed by atoms with E-state index in [-0.39, 0.29) is 12.2 Å². The number of hydrogen-bond donors (Lipinski definition) is 0.